The van der Waals surface area contributed by atoms with E-state index in [0.29, 0.717) is 0 Å². The van der Waals surface area contributed by atoms with E-state index in [0.717, 1.165) is 11.4 Å². The Balaban J connectivity index is 1.20. The van der Waals surface area contributed by atoms with Gasteiger partial charge in [0.1, 0.15) is 0 Å². The molecule has 0 atom stereocenters. The summed E-state index contributed by atoms with van der Waals surface area (Å²) in [5, 5.41) is 0. The molecule has 12 rings (SSSR count). The minimum Gasteiger partial charge on any atom is -0.311 e. The average molecular weight is 857 g/mol. The molecule has 10 aromatic carbocycles. The molecule has 0 saturated heterocycles. The molecule has 0 unspecified atom stereocenters. The SMILES string of the molecule is Cc1cc(C)c(-c2cc3c4c(c2)N(c2cc(-c5ccccc5)cc(-c5ccccc5)c2)c2ccc(C)cc2B4c2ccccc2N3c2cc(-c3ccccc3)cc(-c3ccccc3)c2)c(C)c1. The highest BCUT2D eigenvalue weighted by atomic mass is 15.2. The zero-order valence-electron chi connectivity index (χ0n) is 38.3. The number of hydrogen-bond donors (Lipinski definition) is 0. The van der Waals surface area contributed by atoms with Crippen LogP contribution in [0.15, 0.2) is 224 Å². The Morgan fingerprint density at radius 2 is 0.687 bits per heavy atom. The Labute approximate surface area is 395 Å². The Bertz CT molecular complexity index is 3350. The lowest BCUT2D eigenvalue weighted by atomic mass is 9.33. The molecule has 0 amide bonds. The molecule has 2 aliphatic heterocycles. The maximum atomic E-state index is 2.58. The normalized spacial score (nSPS) is 12.4. The van der Waals surface area contributed by atoms with Crippen LogP contribution in [-0.4, -0.2) is 6.71 Å². The molecular weight excluding hydrogens is 808 g/mol. The lowest BCUT2D eigenvalue weighted by Crippen LogP contribution is -2.61. The summed E-state index contributed by atoms with van der Waals surface area (Å²) in [7, 11) is 0. The summed E-state index contributed by atoms with van der Waals surface area (Å²) in [4.78, 5) is 5.15. The third-order valence-corrected chi connectivity index (χ3v) is 13.9. The second-order valence-corrected chi connectivity index (χ2v) is 18.4. The van der Waals surface area contributed by atoms with Gasteiger partial charge in [-0.1, -0.05) is 175 Å². The van der Waals surface area contributed by atoms with Gasteiger partial charge < -0.3 is 9.80 Å². The zero-order chi connectivity index (χ0) is 45.2. The summed E-state index contributed by atoms with van der Waals surface area (Å²) in [5.41, 5.74) is 28.0. The molecule has 318 valence electrons. The predicted octanol–water partition coefficient (Wildman–Crippen LogP) is 15.3. The molecule has 0 N–H and O–H groups in total. The Hall–Kier alpha value is -8.14. The van der Waals surface area contributed by atoms with Crippen LogP contribution in [0.5, 0.6) is 0 Å². The summed E-state index contributed by atoms with van der Waals surface area (Å²) >= 11 is 0. The first-order chi connectivity index (χ1) is 32.9. The van der Waals surface area contributed by atoms with Crippen molar-refractivity contribution in [1.29, 1.82) is 0 Å². The molecule has 0 fully saturated rings. The van der Waals surface area contributed by atoms with Crippen LogP contribution in [0, 0.1) is 27.7 Å². The third-order valence-electron chi connectivity index (χ3n) is 13.9. The van der Waals surface area contributed by atoms with E-state index in [1.165, 1.54) is 117 Å². The fourth-order valence-electron chi connectivity index (χ4n) is 11.1. The third kappa shape index (κ3) is 7.07. The quantitative estimate of drug-likeness (QED) is 0.147. The first kappa shape index (κ1) is 40.4. The van der Waals surface area contributed by atoms with Gasteiger partial charge in [-0.2, -0.15) is 0 Å². The number of aryl methyl sites for hydroxylation is 4. The van der Waals surface area contributed by atoms with Crippen molar-refractivity contribution in [3.05, 3.63) is 247 Å². The van der Waals surface area contributed by atoms with Gasteiger partial charge in [0.25, 0.3) is 6.71 Å². The van der Waals surface area contributed by atoms with Gasteiger partial charge in [-0.05, 0) is 172 Å². The van der Waals surface area contributed by atoms with Crippen LogP contribution in [0.4, 0.5) is 34.1 Å². The predicted molar refractivity (Wildman–Crippen MR) is 287 cm³/mol. The van der Waals surface area contributed by atoms with Crippen LogP contribution < -0.4 is 26.2 Å². The molecule has 0 saturated carbocycles. The average Bonchev–Trinajstić information content (AvgIpc) is 3.36. The Morgan fingerprint density at radius 1 is 0.284 bits per heavy atom. The van der Waals surface area contributed by atoms with E-state index in [2.05, 4.69) is 262 Å². The summed E-state index contributed by atoms with van der Waals surface area (Å²) in [5.74, 6) is 0. The second-order valence-electron chi connectivity index (χ2n) is 18.4. The summed E-state index contributed by atoms with van der Waals surface area (Å²) < 4.78 is 0. The van der Waals surface area contributed by atoms with E-state index < -0.39 is 0 Å². The first-order valence-corrected chi connectivity index (χ1v) is 23.4. The van der Waals surface area contributed by atoms with E-state index in [9.17, 15) is 0 Å². The van der Waals surface area contributed by atoms with Gasteiger partial charge in [-0.25, -0.2) is 0 Å². The highest BCUT2D eigenvalue weighted by molar-refractivity contribution is 7.00. The van der Waals surface area contributed by atoms with Crippen LogP contribution in [0.1, 0.15) is 22.3 Å². The van der Waals surface area contributed by atoms with Gasteiger partial charge >= 0.3 is 0 Å². The molecular formula is C64H49BN2. The van der Waals surface area contributed by atoms with Crippen LogP contribution in [0.3, 0.4) is 0 Å². The maximum absolute atomic E-state index is 2.58. The first-order valence-electron chi connectivity index (χ1n) is 23.4. The van der Waals surface area contributed by atoms with Crippen molar-refractivity contribution in [2.45, 2.75) is 27.7 Å². The fourth-order valence-corrected chi connectivity index (χ4v) is 11.1. The number of anilines is 6. The largest absolute Gasteiger partial charge is 0.311 e. The monoisotopic (exact) mass is 856 g/mol. The summed E-state index contributed by atoms with van der Waals surface area (Å²) in [6.45, 7) is 8.99. The van der Waals surface area contributed by atoms with E-state index in [4.69, 9.17) is 0 Å². The smallest absolute Gasteiger partial charge is 0.252 e. The van der Waals surface area contributed by atoms with Crippen molar-refractivity contribution in [3.63, 3.8) is 0 Å². The van der Waals surface area contributed by atoms with Crippen molar-refractivity contribution in [2.75, 3.05) is 9.80 Å². The van der Waals surface area contributed by atoms with Crippen molar-refractivity contribution >= 4 is 57.2 Å². The number of nitrogens with zero attached hydrogens (tertiary/aromatic N) is 2. The summed E-state index contributed by atoms with van der Waals surface area (Å²) in [6.07, 6.45) is 0. The zero-order valence-corrected chi connectivity index (χ0v) is 38.3. The molecule has 0 aliphatic carbocycles. The number of hydrogen-bond acceptors (Lipinski definition) is 2. The van der Waals surface area contributed by atoms with Crippen LogP contribution in [-0.2, 0) is 0 Å². The number of benzene rings is 10. The van der Waals surface area contributed by atoms with Crippen LogP contribution >= 0.6 is 0 Å². The molecule has 3 heteroatoms. The number of para-hydroxylation sites is 1. The molecule has 2 heterocycles. The van der Waals surface area contributed by atoms with Crippen molar-refractivity contribution < 1.29 is 0 Å². The van der Waals surface area contributed by atoms with Gasteiger partial charge in [0.2, 0.25) is 0 Å². The maximum Gasteiger partial charge on any atom is 0.252 e. The molecule has 2 nitrogen and oxygen atoms in total. The fraction of sp³-hybridized carbons (Fsp3) is 0.0625. The summed E-state index contributed by atoms with van der Waals surface area (Å²) in [6, 6.07) is 83.5. The molecule has 10 aromatic rings. The van der Waals surface area contributed by atoms with Crippen LogP contribution in [0.2, 0.25) is 0 Å². The molecule has 2 aliphatic rings. The molecule has 0 spiro atoms. The van der Waals surface area contributed by atoms with Crippen molar-refractivity contribution in [3.8, 4) is 55.6 Å². The van der Waals surface area contributed by atoms with Crippen LogP contribution in [0.25, 0.3) is 55.6 Å². The molecule has 0 radical (unpaired) electrons. The van der Waals surface area contributed by atoms with Gasteiger partial charge in [0, 0.05) is 34.1 Å². The van der Waals surface area contributed by atoms with Gasteiger partial charge in [-0.15, -0.1) is 0 Å². The Kier molecular flexibility index (Phi) is 9.87. The molecule has 0 bridgehead atoms. The van der Waals surface area contributed by atoms with E-state index in [1.807, 2.05) is 0 Å². The lowest BCUT2D eigenvalue weighted by Gasteiger charge is -2.45. The van der Waals surface area contributed by atoms with Crippen molar-refractivity contribution in [2.24, 2.45) is 0 Å². The Morgan fingerprint density at radius 3 is 1.13 bits per heavy atom. The lowest BCUT2D eigenvalue weighted by molar-refractivity contribution is 1.25. The van der Waals surface area contributed by atoms with Gasteiger partial charge in [0.15, 0.2) is 0 Å². The second kappa shape index (κ2) is 16.4. The van der Waals surface area contributed by atoms with Gasteiger partial charge in [-0.3, -0.25) is 0 Å². The standard InChI is InChI=1S/C64H49BN2/c1-42-29-30-60-58(33-42)65-57-27-17-18-28-59(57)66(55-36-50(46-19-9-5-10-20-46)34-51(37-55)47-21-11-6-12-22-47)61-40-54(63-44(3)31-43(2)32-45(63)4)41-62(64(61)65)67(60)56-38-52(48-23-13-7-14-24-48)35-53(39-56)49-25-15-8-16-26-49/h5-41H,1-4H3. The molecule has 0 aromatic heterocycles. The topological polar surface area (TPSA) is 6.48 Å². The highest BCUT2D eigenvalue weighted by Crippen LogP contribution is 2.49. The number of fused-ring (bicyclic) bond motifs is 4. The highest BCUT2D eigenvalue weighted by Gasteiger charge is 2.44. The van der Waals surface area contributed by atoms with Crippen molar-refractivity contribution in [1.82, 2.24) is 0 Å². The van der Waals surface area contributed by atoms with E-state index in [1.54, 1.807) is 0 Å². The van der Waals surface area contributed by atoms with E-state index >= 15 is 0 Å². The number of rotatable bonds is 7. The van der Waals surface area contributed by atoms with E-state index in [-0.39, 0.29) is 6.71 Å². The minimum atomic E-state index is -0.00494. The minimum absolute atomic E-state index is 0.00494. The van der Waals surface area contributed by atoms with Gasteiger partial charge in [0.05, 0.1) is 0 Å². The molecule has 67 heavy (non-hydrogen) atoms.